The van der Waals surface area contributed by atoms with Gasteiger partial charge in [0.2, 0.25) is 0 Å². The van der Waals surface area contributed by atoms with Crippen molar-refractivity contribution in [1.82, 2.24) is 0 Å². The predicted molar refractivity (Wildman–Crippen MR) is 118 cm³/mol. The molecular weight excluding hydrogens is 384 g/mol. The van der Waals surface area contributed by atoms with Gasteiger partial charge in [0.25, 0.3) is 8.32 Å². The lowest BCUT2D eigenvalue weighted by atomic mass is 9.94. The van der Waals surface area contributed by atoms with Gasteiger partial charge in [0.1, 0.15) is 0 Å². The molecule has 6 heteroatoms. The lowest BCUT2D eigenvalue weighted by Crippen LogP contribution is -2.67. The Morgan fingerprint density at radius 3 is 1.76 bits per heavy atom. The van der Waals surface area contributed by atoms with Gasteiger partial charge >= 0.3 is 0 Å². The summed E-state index contributed by atoms with van der Waals surface area (Å²) < 4.78 is 6.71. The van der Waals surface area contributed by atoms with Crippen LogP contribution in [0.1, 0.15) is 33.6 Å². The highest BCUT2D eigenvalue weighted by molar-refractivity contribution is 6.99. The molecular formula is C23H34O5Si. The standard InChI is InChI=1S/C23H34O5Si/c1-22(2,3)29(20-10-6-4-7-11-20,21-12-8-5-9-13-21)28-18-23(27,14-15-24)16-19(26)17-25/h4-13,19,24-27H,14-18H2,1-3H3. The highest BCUT2D eigenvalue weighted by Gasteiger charge is 2.51. The number of hydrogen-bond acceptors (Lipinski definition) is 5. The molecule has 0 aliphatic rings. The van der Waals surface area contributed by atoms with Crippen molar-refractivity contribution in [3.8, 4) is 0 Å². The van der Waals surface area contributed by atoms with E-state index < -0.39 is 26.6 Å². The quantitative estimate of drug-likeness (QED) is 0.438. The van der Waals surface area contributed by atoms with Crippen LogP contribution in [0.25, 0.3) is 0 Å². The van der Waals surface area contributed by atoms with E-state index in [0.717, 1.165) is 10.4 Å². The minimum absolute atomic E-state index is 0.0437. The van der Waals surface area contributed by atoms with Gasteiger partial charge in [-0.2, -0.15) is 0 Å². The second kappa shape index (κ2) is 9.98. The fourth-order valence-corrected chi connectivity index (χ4v) is 8.59. The Kier molecular flexibility index (Phi) is 8.16. The third-order valence-electron chi connectivity index (χ3n) is 5.38. The van der Waals surface area contributed by atoms with E-state index in [1.54, 1.807) is 0 Å². The van der Waals surface area contributed by atoms with Crippen LogP contribution in [0.2, 0.25) is 5.04 Å². The van der Waals surface area contributed by atoms with E-state index in [1.165, 1.54) is 0 Å². The molecule has 2 aromatic carbocycles. The molecule has 0 heterocycles. The number of benzene rings is 2. The topological polar surface area (TPSA) is 90.2 Å². The summed E-state index contributed by atoms with van der Waals surface area (Å²) >= 11 is 0. The van der Waals surface area contributed by atoms with E-state index in [4.69, 9.17) is 4.43 Å². The maximum atomic E-state index is 11.1. The molecule has 2 aromatic rings. The van der Waals surface area contributed by atoms with Crippen molar-refractivity contribution in [3.05, 3.63) is 60.7 Å². The SMILES string of the molecule is CC(C)(C)[Si](OCC(O)(CCO)CC(O)CO)(c1ccccc1)c1ccccc1. The second-order valence-electron chi connectivity index (χ2n) is 8.69. The van der Waals surface area contributed by atoms with Gasteiger partial charge in [-0.25, -0.2) is 0 Å². The van der Waals surface area contributed by atoms with E-state index in [2.05, 4.69) is 45.0 Å². The molecule has 0 aliphatic heterocycles. The fourth-order valence-electron chi connectivity index (χ4n) is 3.95. The molecule has 0 amide bonds. The molecule has 0 fully saturated rings. The molecule has 29 heavy (non-hydrogen) atoms. The summed E-state index contributed by atoms with van der Waals surface area (Å²) in [6.07, 6.45) is -1.08. The maximum Gasteiger partial charge on any atom is 0.261 e. The van der Waals surface area contributed by atoms with Gasteiger partial charge in [0, 0.05) is 19.4 Å². The highest BCUT2D eigenvalue weighted by Crippen LogP contribution is 2.37. The Labute approximate surface area is 174 Å². The van der Waals surface area contributed by atoms with Crippen LogP contribution in [0, 0.1) is 0 Å². The van der Waals surface area contributed by atoms with E-state index >= 15 is 0 Å². The summed E-state index contributed by atoms with van der Waals surface area (Å²) in [5.41, 5.74) is -1.44. The van der Waals surface area contributed by atoms with Gasteiger partial charge in [-0.1, -0.05) is 81.4 Å². The van der Waals surface area contributed by atoms with Crippen LogP contribution >= 0.6 is 0 Å². The van der Waals surface area contributed by atoms with Gasteiger partial charge in [-0.15, -0.1) is 0 Å². The Morgan fingerprint density at radius 2 is 1.38 bits per heavy atom. The summed E-state index contributed by atoms with van der Waals surface area (Å²) in [7, 11) is -2.84. The monoisotopic (exact) mass is 418 g/mol. The van der Waals surface area contributed by atoms with Crippen molar-refractivity contribution in [1.29, 1.82) is 0 Å². The molecule has 0 aromatic heterocycles. The first-order chi connectivity index (χ1) is 13.7. The van der Waals surface area contributed by atoms with Crippen molar-refractivity contribution in [2.75, 3.05) is 19.8 Å². The first kappa shape index (κ1) is 23.7. The van der Waals surface area contributed by atoms with Crippen molar-refractivity contribution in [2.45, 2.75) is 50.4 Å². The van der Waals surface area contributed by atoms with Crippen molar-refractivity contribution in [2.24, 2.45) is 0 Å². The first-order valence-electron chi connectivity index (χ1n) is 10.1. The van der Waals surface area contributed by atoms with Crippen LogP contribution in [0.4, 0.5) is 0 Å². The van der Waals surface area contributed by atoms with Gasteiger partial charge in [0.05, 0.1) is 24.9 Å². The molecule has 0 saturated heterocycles. The lowest BCUT2D eigenvalue weighted by Gasteiger charge is -2.45. The average Bonchev–Trinajstić information content (AvgIpc) is 2.69. The van der Waals surface area contributed by atoms with E-state index in [1.807, 2.05) is 36.4 Å². The minimum atomic E-state index is -2.84. The molecule has 2 atom stereocenters. The predicted octanol–water partition coefficient (Wildman–Crippen LogP) is 1.42. The fraction of sp³-hybridized carbons (Fsp3) is 0.478. The molecule has 0 spiro atoms. The normalized spacial score (nSPS) is 15.7. The summed E-state index contributed by atoms with van der Waals surface area (Å²) in [4.78, 5) is 0. The third-order valence-corrected chi connectivity index (χ3v) is 10.4. The Balaban J connectivity index is 2.53. The Bertz CT molecular complexity index is 692. The third kappa shape index (κ3) is 5.54. The van der Waals surface area contributed by atoms with Crippen LogP contribution in [0.5, 0.6) is 0 Å². The zero-order valence-electron chi connectivity index (χ0n) is 17.6. The summed E-state index contributed by atoms with van der Waals surface area (Å²) in [5, 5.41) is 41.6. The number of aliphatic hydroxyl groups is 4. The zero-order valence-corrected chi connectivity index (χ0v) is 18.6. The van der Waals surface area contributed by atoms with Crippen molar-refractivity contribution in [3.63, 3.8) is 0 Å². The molecule has 4 N–H and O–H groups in total. The largest absolute Gasteiger partial charge is 0.404 e. The molecule has 2 unspecified atom stereocenters. The molecule has 5 nitrogen and oxygen atoms in total. The molecule has 0 saturated carbocycles. The first-order valence-corrected chi connectivity index (χ1v) is 12.0. The van der Waals surface area contributed by atoms with Crippen LogP contribution in [-0.4, -0.2) is 60.3 Å². The number of hydrogen-bond donors (Lipinski definition) is 4. The van der Waals surface area contributed by atoms with Gasteiger partial charge < -0.3 is 24.9 Å². The zero-order chi connectivity index (χ0) is 21.5. The van der Waals surface area contributed by atoms with E-state index in [9.17, 15) is 20.4 Å². The summed E-state index contributed by atoms with van der Waals surface area (Å²) in [6, 6.07) is 20.2. The Morgan fingerprint density at radius 1 is 0.897 bits per heavy atom. The molecule has 160 valence electrons. The van der Waals surface area contributed by atoms with E-state index in [0.29, 0.717) is 0 Å². The number of aliphatic hydroxyl groups excluding tert-OH is 3. The number of rotatable bonds is 10. The van der Waals surface area contributed by atoms with Crippen molar-refractivity contribution < 1.29 is 24.9 Å². The van der Waals surface area contributed by atoms with Crippen LogP contribution in [0.3, 0.4) is 0 Å². The van der Waals surface area contributed by atoms with Gasteiger partial charge in [-0.05, 0) is 15.4 Å². The average molecular weight is 419 g/mol. The van der Waals surface area contributed by atoms with E-state index in [-0.39, 0.29) is 31.1 Å². The Hall–Kier alpha value is -1.54. The molecule has 2 rings (SSSR count). The molecule has 0 aliphatic carbocycles. The van der Waals surface area contributed by atoms with Crippen LogP contribution in [-0.2, 0) is 4.43 Å². The smallest absolute Gasteiger partial charge is 0.261 e. The second-order valence-corrected chi connectivity index (χ2v) is 13.0. The maximum absolute atomic E-state index is 11.1. The lowest BCUT2D eigenvalue weighted by molar-refractivity contribution is -0.0670. The minimum Gasteiger partial charge on any atom is -0.404 e. The van der Waals surface area contributed by atoms with Gasteiger partial charge in [-0.3, -0.25) is 0 Å². The summed E-state index contributed by atoms with van der Waals surface area (Å²) in [5.74, 6) is 0. The van der Waals surface area contributed by atoms with Crippen LogP contribution < -0.4 is 10.4 Å². The molecule has 0 radical (unpaired) electrons. The highest BCUT2D eigenvalue weighted by atomic mass is 28.4. The van der Waals surface area contributed by atoms with Crippen molar-refractivity contribution >= 4 is 18.7 Å². The molecule has 0 bridgehead atoms. The van der Waals surface area contributed by atoms with Crippen LogP contribution in [0.15, 0.2) is 60.7 Å². The van der Waals surface area contributed by atoms with Gasteiger partial charge in [0.15, 0.2) is 0 Å². The summed E-state index contributed by atoms with van der Waals surface area (Å²) in [6.45, 7) is 5.70.